The topological polar surface area (TPSA) is 12.9 Å². The molecular formula is C15H8BrCl2NS. The van der Waals surface area contributed by atoms with Crippen LogP contribution in [0.3, 0.4) is 0 Å². The summed E-state index contributed by atoms with van der Waals surface area (Å²) in [6.45, 7) is 0. The van der Waals surface area contributed by atoms with Gasteiger partial charge < -0.3 is 0 Å². The van der Waals surface area contributed by atoms with E-state index in [0.717, 1.165) is 26.3 Å². The van der Waals surface area contributed by atoms with Crippen LogP contribution in [-0.4, -0.2) is 4.98 Å². The highest BCUT2D eigenvalue weighted by atomic mass is 79.9. The third kappa shape index (κ3) is 2.91. The lowest BCUT2D eigenvalue weighted by atomic mass is 10.2. The molecule has 0 fully saturated rings. The molecule has 20 heavy (non-hydrogen) atoms. The molecule has 0 spiro atoms. The van der Waals surface area contributed by atoms with E-state index < -0.39 is 0 Å². The van der Waals surface area contributed by atoms with Crippen LogP contribution in [0.15, 0.2) is 52.3 Å². The van der Waals surface area contributed by atoms with E-state index in [0.29, 0.717) is 10.0 Å². The summed E-state index contributed by atoms with van der Waals surface area (Å²) in [5.41, 5.74) is 3.02. The number of aromatic nitrogens is 1. The predicted molar refractivity (Wildman–Crippen MR) is 90.7 cm³/mol. The predicted octanol–water partition coefficient (Wildman–Crippen LogP) is 6.55. The van der Waals surface area contributed by atoms with Crippen molar-refractivity contribution in [1.29, 1.82) is 0 Å². The Morgan fingerprint density at radius 3 is 2.55 bits per heavy atom. The number of halogens is 3. The molecule has 1 nitrogen and oxygen atoms in total. The largest absolute Gasteiger partial charge is 0.236 e. The molecule has 0 saturated carbocycles. The Balaban J connectivity index is 1.99. The zero-order chi connectivity index (χ0) is 14.1. The summed E-state index contributed by atoms with van der Waals surface area (Å²) < 4.78 is 1.04. The normalized spacial score (nSPS) is 10.8. The molecule has 0 saturated heterocycles. The average Bonchev–Trinajstić information content (AvgIpc) is 2.92. The Morgan fingerprint density at radius 1 is 0.950 bits per heavy atom. The Labute approximate surface area is 139 Å². The van der Waals surface area contributed by atoms with Crippen LogP contribution >= 0.6 is 50.5 Å². The maximum atomic E-state index is 6.05. The van der Waals surface area contributed by atoms with E-state index in [1.165, 1.54) is 0 Å². The number of hydrogen-bond donors (Lipinski definition) is 0. The molecule has 0 unspecified atom stereocenters. The van der Waals surface area contributed by atoms with Gasteiger partial charge in [0.1, 0.15) is 5.01 Å². The van der Waals surface area contributed by atoms with Crippen LogP contribution in [0.5, 0.6) is 0 Å². The monoisotopic (exact) mass is 383 g/mol. The summed E-state index contributed by atoms with van der Waals surface area (Å²) in [6, 6.07) is 13.6. The molecule has 5 heteroatoms. The van der Waals surface area contributed by atoms with Gasteiger partial charge in [-0.3, -0.25) is 0 Å². The van der Waals surface area contributed by atoms with Crippen molar-refractivity contribution in [3.63, 3.8) is 0 Å². The Kier molecular flexibility index (Phi) is 4.13. The molecule has 0 aliphatic heterocycles. The third-order valence-electron chi connectivity index (χ3n) is 2.79. The van der Waals surface area contributed by atoms with E-state index in [1.807, 2.05) is 41.8 Å². The Morgan fingerprint density at radius 2 is 1.80 bits per heavy atom. The van der Waals surface area contributed by atoms with E-state index in [-0.39, 0.29) is 0 Å². The third-order valence-corrected chi connectivity index (χ3v) is 4.91. The minimum absolute atomic E-state index is 0.545. The number of thiazole rings is 1. The summed E-state index contributed by atoms with van der Waals surface area (Å²) >= 11 is 17.0. The molecule has 0 radical (unpaired) electrons. The molecule has 2 aromatic carbocycles. The maximum absolute atomic E-state index is 6.05. The first-order chi connectivity index (χ1) is 9.63. The average molecular weight is 385 g/mol. The lowest BCUT2D eigenvalue weighted by Gasteiger charge is -2.00. The Hall–Kier alpha value is -0.870. The molecule has 0 bridgehead atoms. The van der Waals surface area contributed by atoms with Crippen molar-refractivity contribution in [2.75, 3.05) is 0 Å². The number of benzene rings is 2. The van der Waals surface area contributed by atoms with Gasteiger partial charge in [-0.25, -0.2) is 4.98 Å². The van der Waals surface area contributed by atoms with Gasteiger partial charge in [-0.05, 0) is 24.3 Å². The number of rotatable bonds is 2. The minimum Gasteiger partial charge on any atom is -0.236 e. The van der Waals surface area contributed by atoms with E-state index in [9.17, 15) is 0 Å². The van der Waals surface area contributed by atoms with Gasteiger partial charge in [-0.2, -0.15) is 0 Å². The highest BCUT2D eigenvalue weighted by Crippen LogP contribution is 2.33. The van der Waals surface area contributed by atoms with Crippen molar-refractivity contribution in [3.05, 3.63) is 62.4 Å². The van der Waals surface area contributed by atoms with Crippen LogP contribution in [0.25, 0.3) is 21.8 Å². The summed E-state index contributed by atoms with van der Waals surface area (Å²) in [5, 5.41) is 4.07. The van der Waals surface area contributed by atoms with Crippen molar-refractivity contribution in [2.24, 2.45) is 0 Å². The van der Waals surface area contributed by atoms with Crippen molar-refractivity contribution in [3.8, 4) is 21.8 Å². The molecular weight excluding hydrogens is 377 g/mol. The summed E-state index contributed by atoms with van der Waals surface area (Å²) in [7, 11) is 0. The standard InChI is InChI=1S/C15H8BrCl2NS/c16-11-3-1-2-9(6-11)14-8-20-15(19-14)10-4-5-12(17)13(18)7-10/h1-8H. The zero-order valence-corrected chi connectivity index (χ0v) is 14.0. The highest BCUT2D eigenvalue weighted by molar-refractivity contribution is 9.10. The smallest absolute Gasteiger partial charge is 0.124 e. The highest BCUT2D eigenvalue weighted by Gasteiger charge is 2.08. The molecule has 0 atom stereocenters. The molecule has 0 amide bonds. The van der Waals surface area contributed by atoms with Crippen LogP contribution in [0.1, 0.15) is 0 Å². The fraction of sp³-hybridized carbons (Fsp3) is 0. The van der Waals surface area contributed by atoms with E-state index in [4.69, 9.17) is 23.2 Å². The first-order valence-corrected chi connectivity index (χ1v) is 8.23. The fourth-order valence-electron chi connectivity index (χ4n) is 1.82. The molecule has 0 N–H and O–H groups in total. The maximum Gasteiger partial charge on any atom is 0.124 e. The van der Waals surface area contributed by atoms with Gasteiger partial charge in [0.15, 0.2) is 0 Å². The van der Waals surface area contributed by atoms with Crippen molar-refractivity contribution >= 4 is 50.5 Å². The van der Waals surface area contributed by atoms with Gasteiger partial charge >= 0.3 is 0 Å². The minimum atomic E-state index is 0.545. The molecule has 0 aliphatic carbocycles. The van der Waals surface area contributed by atoms with Crippen LogP contribution < -0.4 is 0 Å². The van der Waals surface area contributed by atoms with Crippen LogP contribution in [0.2, 0.25) is 10.0 Å². The zero-order valence-electron chi connectivity index (χ0n) is 10.1. The molecule has 1 aromatic heterocycles. The first-order valence-electron chi connectivity index (χ1n) is 5.80. The van der Waals surface area contributed by atoms with Gasteiger partial charge in [0, 0.05) is 21.0 Å². The molecule has 0 aliphatic rings. The van der Waals surface area contributed by atoms with Gasteiger partial charge in [-0.15, -0.1) is 11.3 Å². The van der Waals surface area contributed by atoms with E-state index in [1.54, 1.807) is 17.4 Å². The lowest BCUT2D eigenvalue weighted by Crippen LogP contribution is -1.80. The van der Waals surface area contributed by atoms with Crippen LogP contribution in [0, 0.1) is 0 Å². The summed E-state index contributed by atoms with van der Waals surface area (Å²) in [6.07, 6.45) is 0. The molecule has 3 aromatic rings. The second-order valence-electron chi connectivity index (χ2n) is 4.18. The van der Waals surface area contributed by atoms with Crippen LogP contribution in [-0.2, 0) is 0 Å². The van der Waals surface area contributed by atoms with Gasteiger partial charge in [0.25, 0.3) is 0 Å². The quantitative estimate of drug-likeness (QED) is 0.488. The SMILES string of the molecule is Clc1ccc(-c2nc(-c3cccc(Br)c3)cs2)cc1Cl. The summed E-state index contributed by atoms with van der Waals surface area (Å²) in [5.74, 6) is 0. The van der Waals surface area contributed by atoms with E-state index in [2.05, 4.69) is 20.9 Å². The Bertz CT molecular complexity index is 770. The van der Waals surface area contributed by atoms with Gasteiger partial charge in [-0.1, -0.05) is 57.3 Å². The van der Waals surface area contributed by atoms with E-state index >= 15 is 0 Å². The van der Waals surface area contributed by atoms with Gasteiger partial charge in [0.2, 0.25) is 0 Å². The summed E-state index contributed by atoms with van der Waals surface area (Å²) in [4.78, 5) is 4.66. The van der Waals surface area contributed by atoms with Crippen molar-refractivity contribution in [2.45, 2.75) is 0 Å². The van der Waals surface area contributed by atoms with Crippen molar-refractivity contribution in [1.82, 2.24) is 4.98 Å². The first kappa shape index (κ1) is 14.1. The second-order valence-corrected chi connectivity index (χ2v) is 6.77. The molecule has 3 rings (SSSR count). The molecule has 1 heterocycles. The number of hydrogen-bond acceptors (Lipinski definition) is 2. The lowest BCUT2D eigenvalue weighted by molar-refractivity contribution is 1.40. The van der Waals surface area contributed by atoms with Crippen molar-refractivity contribution < 1.29 is 0 Å². The number of nitrogens with zero attached hydrogens (tertiary/aromatic N) is 1. The van der Waals surface area contributed by atoms with Gasteiger partial charge in [0.05, 0.1) is 15.7 Å². The molecule has 100 valence electrons. The fourth-order valence-corrected chi connectivity index (χ4v) is 3.34. The van der Waals surface area contributed by atoms with Crippen LogP contribution in [0.4, 0.5) is 0 Å². The second kappa shape index (κ2) is 5.86.